The van der Waals surface area contributed by atoms with Crippen molar-refractivity contribution >= 4 is 31.7 Å². The number of rotatable bonds is 6. The molecular weight excluding hydrogens is 351 g/mol. The maximum atomic E-state index is 14.1. The second-order valence-electron chi connectivity index (χ2n) is 7.00. The summed E-state index contributed by atoms with van der Waals surface area (Å²) in [5, 5.41) is -0.186. The zero-order valence-electron chi connectivity index (χ0n) is 15.0. The van der Waals surface area contributed by atoms with Gasteiger partial charge in [0.25, 0.3) is 8.32 Å². The van der Waals surface area contributed by atoms with Crippen molar-refractivity contribution in [3.05, 3.63) is 28.5 Å². The highest BCUT2D eigenvalue weighted by Crippen LogP contribution is 2.40. The van der Waals surface area contributed by atoms with E-state index in [9.17, 15) is 14.0 Å². The van der Waals surface area contributed by atoms with Crippen LogP contribution >= 0.6 is 11.6 Å². The van der Waals surface area contributed by atoms with Gasteiger partial charge in [0.2, 0.25) is 0 Å². The average molecular weight is 375 g/mol. The molecule has 0 N–H and O–H groups in total. The Morgan fingerprint density at radius 1 is 1.25 bits per heavy atom. The van der Waals surface area contributed by atoms with Crippen molar-refractivity contribution in [2.45, 2.75) is 52.2 Å². The number of hydrogen-bond donors (Lipinski definition) is 0. The van der Waals surface area contributed by atoms with Crippen molar-refractivity contribution in [3.63, 3.8) is 0 Å². The summed E-state index contributed by atoms with van der Waals surface area (Å²) in [5.41, 5.74) is -0.332. The lowest BCUT2D eigenvalue weighted by molar-refractivity contribution is -0.141. The zero-order valence-corrected chi connectivity index (χ0v) is 16.7. The first-order chi connectivity index (χ1) is 10.9. The second-order valence-corrected chi connectivity index (χ2v) is 12.1. The Hall–Kier alpha value is -1.40. The predicted molar refractivity (Wildman–Crippen MR) is 94.8 cm³/mol. The first-order valence-electron chi connectivity index (χ1n) is 7.76. The van der Waals surface area contributed by atoms with Gasteiger partial charge in [-0.05, 0) is 37.2 Å². The van der Waals surface area contributed by atoms with E-state index in [0.717, 1.165) is 6.07 Å². The molecule has 0 aliphatic carbocycles. The molecule has 134 valence electrons. The molecule has 7 heteroatoms. The number of halogens is 2. The molecule has 0 bridgehead atoms. The van der Waals surface area contributed by atoms with Gasteiger partial charge in [-0.25, -0.2) is 4.39 Å². The third-order valence-corrected chi connectivity index (χ3v) is 8.83. The van der Waals surface area contributed by atoms with Crippen LogP contribution in [0.1, 0.15) is 44.5 Å². The summed E-state index contributed by atoms with van der Waals surface area (Å²) >= 11 is 6.21. The molecule has 0 amide bonds. The summed E-state index contributed by atoms with van der Waals surface area (Å²) in [4.78, 5) is 23.7. The number of hydrogen-bond acceptors (Lipinski definition) is 4. The average Bonchev–Trinajstić information content (AvgIpc) is 2.41. The van der Waals surface area contributed by atoms with Crippen LogP contribution in [0.5, 0.6) is 5.75 Å². The van der Waals surface area contributed by atoms with Gasteiger partial charge in [0.05, 0.1) is 17.2 Å². The third kappa shape index (κ3) is 4.80. The Bertz CT molecular complexity index is 638. The molecule has 0 fully saturated rings. The van der Waals surface area contributed by atoms with Crippen LogP contribution in [-0.4, -0.2) is 26.7 Å². The topological polar surface area (TPSA) is 52.6 Å². The van der Waals surface area contributed by atoms with Crippen LogP contribution in [0, 0.1) is 5.82 Å². The van der Waals surface area contributed by atoms with Crippen LogP contribution in [0.15, 0.2) is 12.1 Å². The Kier molecular flexibility index (Phi) is 6.58. The molecule has 0 saturated carbocycles. The van der Waals surface area contributed by atoms with Crippen molar-refractivity contribution in [2.24, 2.45) is 0 Å². The van der Waals surface area contributed by atoms with Gasteiger partial charge in [0.15, 0.2) is 5.78 Å². The molecule has 0 aromatic heterocycles. The molecule has 1 aromatic rings. The quantitative estimate of drug-likeness (QED) is 0.304. The predicted octanol–water partition coefficient (Wildman–Crippen LogP) is 5.00. The highest BCUT2D eigenvalue weighted by atomic mass is 35.5. The molecule has 0 saturated heterocycles. The van der Waals surface area contributed by atoms with Gasteiger partial charge >= 0.3 is 5.97 Å². The largest absolute Gasteiger partial charge is 0.542 e. The van der Waals surface area contributed by atoms with Gasteiger partial charge in [-0.15, -0.1) is 0 Å². The first-order valence-corrected chi connectivity index (χ1v) is 11.0. The summed E-state index contributed by atoms with van der Waals surface area (Å²) in [6.07, 6.45) is -0.561. The van der Waals surface area contributed by atoms with Crippen molar-refractivity contribution in [2.75, 3.05) is 6.61 Å². The summed E-state index contributed by atoms with van der Waals surface area (Å²) in [6, 6.07) is 2.55. The fourth-order valence-electron chi connectivity index (χ4n) is 1.73. The van der Waals surface area contributed by atoms with Crippen molar-refractivity contribution in [3.8, 4) is 5.75 Å². The summed E-state index contributed by atoms with van der Waals surface area (Å²) < 4.78 is 24.9. The maximum Gasteiger partial charge on any atom is 0.313 e. The van der Waals surface area contributed by atoms with Crippen LogP contribution < -0.4 is 4.43 Å². The van der Waals surface area contributed by atoms with Gasteiger partial charge < -0.3 is 9.16 Å². The number of ketones is 1. The molecule has 0 radical (unpaired) electrons. The Balaban J connectivity index is 3.17. The molecule has 0 heterocycles. The minimum Gasteiger partial charge on any atom is -0.542 e. The molecule has 1 aromatic carbocycles. The van der Waals surface area contributed by atoms with Gasteiger partial charge in [-0.3, -0.25) is 9.59 Å². The lowest BCUT2D eigenvalue weighted by atomic mass is 10.1. The monoisotopic (exact) mass is 374 g/mol. The van der Waals surface area contributed by atoms with Gasteiger partial charge in [-0.2, -0.15) is 0 Å². The minimum absolute atomic E-state index is 0.0835. The highest BCUT2D eigenvalue weighted by Gasteiger charge is 2.39. The number of Topliss-reactive ketones (excluding diaryl/α,β-unsaturated/α-hetero) is 1. The molecule has 0 atom stereocenters. The molecular formula is C17H24ClFO4Si. The van der Waals surface area contributed by atoms with Crippen LogP contribution in [0.3, 0.4) is 0 Å². The normalized spacial score (nSPS) is 12.0. The highest BCUT2D eigenvalue weighted by molar-refractivity contribution is 6.74. The van der Waals surface area contributed by atoms with E-state index in [0.29, 0.717) is 0 Å². The van der Waals surface area contributed by atoms with Crippen molar-refractivity contribution in [1.29, 1.82) is 0 Å². The maximum absolute atomic E-state index is 14.1. The molecule has 4 nitrogen and oxygen atoms in total. The van der Waals surface area contributed by atoms with E-state index in [2.05, 4.69) is 20.8 Å². The fourth-order valence-corrected chi connectivity index (χ4v) is 3.12. The summed E-state index contributed by atoms with van der Waals surface area (Å²) in [7, 11) is -2.21. The molecule has 1 rings (SSSR count). The Morgan fingerprint density at radius 2 is 1.83 bits per heavy atom. The van der Waals surface area contributed by atoms with E-state index in [4.69, 9.17) is 20.8 Å². The van der Waals surface area contributed by atoms with E-state index in [-0.39, 0.29) is 28.0 Å². The fraction of sp³-hybridized carbons (Fsp3) is 0.529. The SMILES string of the molecule is CCOC(=O)CC(=O)c1c(F)ccc(O[Si](C)(C)C(C)(C)C)c1Cl. The Labute approximate surface area is 148 Å². The Morgan fingerprint density at radius 3 is 2.33 bits per heavy atom. The summed E-state index contributed by atoms with van der Waals surface area (Å²) in [6.45, 7) is 12.0. The van der Waals surface area contributed by atoms with Crippen molar-refractivity contribution in [1.82, 2.24) is 0 Å². The molecule has 0 unspecified atom stereocenters. The minimum atomic E-state index is -2.21. The smallest absolute Gasteiger partial charge is 0.313 e. The number of carbonyl (C=O) groups excluding carboxylic acids is 2. The van der Waals surface area contributed by atoms with E-state index in [1.54, 1.807) is 6.92 Å². The lowest BCUT2D eigenvalue weighted by Crippen LogP contribution is -2.44. The van der Waals surface area contributed by atoms with Crippen molar-refractivity contribution < 1.29 is 23.1 Å². The lowest BCUT2D eigenvalue weighted by Gasteiger charge is -2.36. The summed E-state index contributed by atoms with van der Waals surface area (Å²) in [5.74, 6) is -1.96. The van der Waals surface area contributed by atoms with Crippen LogP contribution in [0.2, 0.25) is 23.2 Å². The van der Waals surface area contributed by atoms with E-state index >= 15 is 0 Å². The first kappa shape index (κ1) is 20.6. The molecule has 0 aliphatic heterocycles. The van der Waals surface area contributed by atoms with E-state index in [1.807, 2.05) is 13.1 Å². The van der Waals surface area contributed by atoms with E-state index < -0.39 is 32.3 Å². The van der Waals surface area contributed by atoms with Gasteiger partial charge in [0, 0.05) is 0 Å². The van der Waals surface area contributed by atoms with Gasteiger partial charge in [-0.1, -0.05) is 32.4 Å². The number of carbonyl (C=O) groups is 2. The zero-order chi connectivity index (χ0) is 18.7. The third-order valence-electron chi connectivity index (χ3n) is 4.12. The van der Waals surface area contributed by atoms with Crippen LogP contribution in [0.4, 0.5) is 4.39 Å². The van der Waals surface area contributed by atoms with Crippen LogP contribution in [-0.2, 0) is 9.53 Å². The number of esters is 1. The number of ether oxygens (including phenoxy) is 1. The second kappa shape index (κ2) is 7.65. The van der Waals surface area contributed by atoms with Gasteiger partial charge in [0.1, 0.15) is 18.0 Å². The molecule has 0 spiro atoms. The van der Waals surface area contributed by atoms with E-state index in [1.165, 1.54) is 6.07 Å². The standard InChI is InChI=1S/C17H24ClFO4Si/c1-7-22-14(21)10-12(20)15-11(19)8-9-13(16(15)18)23-24(5,6)17(2,3)4/h8-9H,7,10H2,1-6H3. The number of benzene rings is 1. The molecule has 0 aliphatic rings. The molecule has 24 heavy (non-hydrogen) atoms. The van der Waals surface area contributed by atoms with Crippen LogP contribution in [0.25, 0.3) is 0 Å².